The number of carbonyl (C=O) groups excluding carboxylic acids is 3. The first-order valence-electron chi connectivity index (χ1n) is 10.3. The number of likely N-dealkylation sites (tertiary alicyclic amines) is 1. The Hall–Kier alpha value is -1.96. The Balaban J connectivity index is 1.54. The monoisotopic (exact) mass is 404 g/mol. The van der Waals surface area contributed by atoms with E-state index in [0.29, 0.717) is 44.1 Å². The summed E-state index contributed by atoms with van der Waals surface area (Å²) in [4.78, 5) is 45.9. The van der Waals surface area contributed by atoms with Crippen LogP contribution in [0.5, 0.6) is 0 Å². The van der Waals surface area contributed by atoms with Gasteiger partial charge in [-0.15, -0.1) is 11.3 Å². The number of piperidine rings is 3. The zero-order valence-corrected chi connectivity index (χ0v) is 17.1. The summed E-state index contributed by atoms with van der Waals surface area (Å²) in [7, 11) is 0. The lowest BCUT2D eigenvalue weighted by Crippen LogP contribution is -2.67. The normalized spacial score (nSPS) is 29.4. The maximum absolute atomic E-state index is 12.9. The van der Waals surface area contributed by atoms with Crippen molar-refractivity contribution < 1.29 is 14.4 Å². The number of hydrogen-bond donors (Lipinski definition) is 1. The molecule has 1 aromatic heterocycles. The lowest BCUT2D eigenvalue weighted by molar-refractivity contribution is -0.152. The maximum Gasteiger partial charge on any atom is 0.273 e. The number of hydrogen-bond acceptors (Lipinski definition) is 5. The summed E-state index contributed by atoms with van der Waals surface area (Å²) in [6, 6.07) is 0.150. The molecule has 3 fully saturated rings. The summed E-state index contributed by atoms with van der Waals surface area (Å²) < 4.78 is 0. The summed E-state index contributed by atoms with van der Waals surface area (Å²) in [5.41, 5.74) is 2.19. The average molecular weight is 405 g/mol. The van der Waals surface area contributed by atoms with Crippen molar-refractivity contribution in [3.8, 4) is 0 Å². The van der Waals surface area contributed by atoms with Gasteiger partial charge >= 0.3 is 0 Å². The van der Waals surface area contributed by atoms with E-state index in [4.69, 9.17) is 0 Å². The molecule has 0 aromatic carbocycles. The molecule has 0 saturated carbocycles. The van der Waals surface area contributed by atoms with Gasteiger partial charge in [-0.05, 0) is 37.5 Å². The Kier molecular flexibility index (Phi) is 5.66. The minimum Gasteiger partial charge on any atom is -0.354 e. The van der Waals surface area contributed by atoms with Crippen LogP contribution >= 0.6 is 11.3 Å². The van der Waals surface area contributed by atoms with Crippen molar-refractivity contribution in [1.29, 1.82) is 0 Å². The molecule has 2 bridgehead atoms. The molecule has 3 aliphatic rings. The standard InChI is InChI=1S/C20H28N4O3S/c1-2-4-18(25)21-8-17-14-7-13(16-5-3-6-19(26)24(16)17)9-23(10-14)20(27)15-11-28-12-22-15/h11-14,16-17H,2-10H2,1H3,(H,21,25)/t13-,14+,16+,17+/m1/s1. The number of nitrogens with one attached hydrogen (secondary N) is 1. The van der Waals surface area contributed by atoms with Crippen LogP contribution in [0.1, 0.15) is 55.9 Å². The highest BCUT2D eigenvalue weighted by Crippen LogP contribution is 2.41. The number of rotatable bonds is 5. The zero-order chi connectivity index (χ0) is 19.7. The number of amides is 3. The highest BCUT2D eigenvalue weighted by atomic mass is 32.1. The molecule has 3 amide bonds. The van der Waals surface area contributed by atoms with Gasteiger partial charge in [0.15, 0.2) is 0 Å². The summed E-state index contributed by atoms with van der Waals surface area (Å²) in [6.45, 7) is 3.78. The molecule has 8 heteroatoms. The third kappa shape index (κ3) is 3.66. The average Bonchev–Trinajstić information content (AvgIpc) is 3.22. The third-order valence-electron chi connectivity index (χ3n) is 6.42. The fourth-order valence-electron chi connectivity index (χ4n) is 5.22. The van der Waals surface area contributed by atoms with Crippen molar-refractivity contribution in [2.75, 3.05) is 19.6 Å². The Labute approximate surface area is 169 Å². The molecule has 0 radical (unpaired) electrons. The molecule has 28 heavy (non-hydrogen) atoms. The molecule has 0 unspecified atom stereocenters. The van der Waals surface area contributed by atoms with Gasteiger partial charge in [0.25, 0.3) is 5.91 Å². The van der Waals surface area contributed by atoms with Gasteiger partial charge < -0.3 is 15.1 Å². The van der Waals surface area contributed by atoms with Crippen LogP contribution in [0.3, 0.4) is 0 Å². The van der Waals surface area contributed by atoms with Crippen molar-refractivity contribution in [2.45, 2.75) is 57.5 Å². The summed E-state index contributed by atoms with van der Waals surface area (Å²) >= 11 is 1.43. The van der Waals surface area contributed by atoms with Gasteiger partial charge in [0, 0.05) is 43.9 Å². The van der Waals surface area contributed by atoms with Crippen LogP contribution < -0.4 is 5.32 Å². The van der Waals surface area contributed by atoms with Gasteiger partial charge in [-0.25, -0.2) is 4.98 Å². The van der Waals surface area contributed by atoms with Gasteiger partial charge in [0.05, 0.1) is 11.6 Å². The van der Waals surface area contributed by atoms with Gasteiger partial charge in [0.1, 0.15) is 5.69 Å². The minimum absolute atomic E-state index is 0.0136. The SMILES string of the molecule is CCCC(=O)NC[C@H]1[C@H]2C[C@H](CN(C(=O)c3cscn3)C2)[C@@H]2CCCC(=O)N21. The predicted molar refractivity (Wildman–Crippen MR) is 106 cm³/mol. The number of nitrogens with zero attached hydrogens (tertiary/aromatic N) is 3. The van der Waals surface area contributed by atoms with E-state index >= 15 is 0 Å². The Morgan fingerprint density at radius 1 is 1.32 bits per heavy atom. The first kappa shape index (κ1) is 19.4. The van der Waals surface area contributed by atoms with Gasteiger partial charge in [-0.1, -0.05) is 6.92 Å². The van der Waals surface area contributed by atoms with Gasteiger partial charge in [0.2, 0.25) is 11.8 Å². The molecule has 4 heterocycles. The van der Waals surface area contributed by atoms with Crippen molar-refractivity contribution in [3.63, 3.8) is 0 Å². The summed E-state index contributed by atoms with van der Waals surface area (Å²) in [5.74, 6) is 0.742. The zero-order valence-electron chi connectivity index (χ0n) is 16.3. The first-order valence-corrected chi connectivity index (χ1v) is 11.3. The van der Waals surface area contributed by atoms with E-state index in [0.717, 1.165) is 25.7 Å². The quantitative estimate of drug-likeness (QED) is 0.813. The van der Waals surface area contributed by atoms with Gasteiger partial charge in [-0.2, -0.15) is 0 Å². The lowest BCUT2D eigenvalue weighted by Gasteiger charge is -2.56. The van der Waals surface area contributed by atoms with Crippen molar-refractivity contribution in [3.05, 3.63) is 16.6 Å². The van der Waals surface area contributed by atoms with Crippen molar-refractivity contribution in [1.82, 2.24) is 20.1 Å². The first-order chi connectivity index (χ1) is 13.6. The number of carbonyl (C=O) groups is 3. The predicted octanol–water partition coefficient (Wildman–Crippen LogP) is 1.90. The van der Waals surface area contributed by atoms with Gasteiger partial charge in [-0.3, -0.25) is 14.4 Å². The fraction of sp³-hybridized carbons (Fsp3) is 0.700. The van der Waals surface area contributed by atoms with Crippen LogP contribution in [0, 0.1) is 11.8 Å². The Morgan fingerprint density at radius 2 is 2.14 bits per heavy atom. The number of fused-ring (bicyclic) bond motifs is 4. The molecule has 4 rings (SSSR count). The highest BCUT2D eigenvalue weighted by molar-refractivity contribution is 7.07. The number of thiazole rings is 1. The second-order valence-corrected chi connectivity index (χ2v) is 8.94. The van der Waals surface area contributed by atoms with E-state index in [1.807, 2.05) is 11.8 Å². The summed E-state index contributed by atoms with van der Waals surface area (Å²) in [6.07, 6.45) is 4.83. The van der Waals surface area contributed by atoms with Crippen LogP contribution in [-0.4, -0.2) is 64.2 Å². The Morgan fingerprint density at radius 3 is 2.89 bits per heavy atom. The van der Waals surface area contributed by atoms with Crippen LogP contribution in [0.4, 0.5) is 0 Å². The molecule has 152 valence electrons. The minimum atomic E-state index is -0.0270. The van der Waals surface area contributed by atoms with E-state index in [2.05, 4.69) is 15.2 Å². The maximum atomic E-state index is 12.9. The van der Waals surface area contributed by atoms with E-state index < -0.39 is 0 Å². The molecule has 0 spiro atoms. The van der Waals surface area contributed by atoms with Crippen molar-refractivity contribution >= 4 is 29.1 Å². The molecule has 1 N–H and O–H groups in total. The number of aromatic nitrogens is 1. The molecule has 3 saturated heterocycles. The van der Waals surface area contributed by atoms with E-state index in [1.165, 1.54) is 11.3 Å². The summed E-state index contributed by atoms with van der Waals surface area (Å²) in [5, 5.41) is 4.83. The molecule has 4 atom stereocenters. The molecular weight excluding hydrogens is 376 g/mol. The Bertz CT molecular complexity index is 738. The largest absolute Gasteiger partial charge is 0.354 e. The van der Waals surface area contributed by atoms with E-state index in [9.17, 15) is 14.4 Å². The molecule has 7 nitrogen and oxygen atoms in total. The highest BCUT2D eigenvalue weighted by Gasteiger charge is 2.50. The van der Waals surface area contributed by atoms with Crippen LogP contribution in [0.25, 0.3) is 0 Å². The van der Waals surface area contributed by atoms with Crippen molar-refractivity contribution in [2.24, 2.45) is 11.8 Å². The van der Waals surface area contributed by atoms with Crippen LogP contribution in [0.2, 0.25) is 0 Å². The molecule has 1 aromatic rings. The molecule has 0 aliphatic carbocycles. The second kappa shape index (κ2) is 8.19. The fourth-order valence-corrected chi connectivity index (χ4v) is 5.74. The van der Waals surface area contributed by atoms with E-state index in [1.54, 1.807) is 10.9 Å². The van der Waals surface area contributed by atoms with Crippen LogP contribution in [-0.2, 0) is 9.59 Å². The smallest absolute Gasteiger partial charge is 0.273 e. The topological polar surface area (TPSA) is 82.6 Å². The third-order valence-corrected chi connectivity index (χ3v) is 7.01. The lowest BCUT2D eigenvalue weighted by atomic mass is 9.72. The second-order valence-electron chi connectivity index (χ2n) is 8.22. The molecular formula is C20H28N4O3S. The van der Waals surface area contributed by atoms with E-state index in [-0.39, 0.29) is 35.7 Å². The van der Waals surface area contributed by atoms with Crippen LogP contribution in [0.15, 0.2) is 10.9 Å². The molecule has 3 aliphatic heterocycles.